The number of aromatic amines is 1. The summed E-state index contributed by atoms with van der Waals surface area (Å²) in [6.45, 7) is 3.13. The van der Waals surface area contributed by atoms with Crippen molar-refractivity contribution in [3.05, 3.63) is 99.8 Å². The minimum absolute atomic E-state index is 0.141. The van der Waals surface area contributed by atoms with E-state index in [0.717, 1.165) is 71.9 Å². The smallest absolute Gasteiger partial charge is 0.248 e. The van der Waals surface area contributed by atoms with Gasteiger partial charge in [-0.15, -0.1) is 0 Å². The number of sulfonamides is 1. The molecule has 0 spiro atoms. The second kappa shape index (κ2) is 12.4. The van der Waals surface area contributed by atoms with Gasteiger partial charge in [-0.1, -0.05) is 43.2 Å². The van der Waals surface area contributed by atoms with Crippen LogP contribution in [0.2, 0.25) is 0 Å². The molecule has 1 fully saturated rings. The topological polar surface area (TPSA) is 102 Å². The van der Waals surface area contributed by atoms with Crippen LogP contribution in [0.25, 0.3) is 10.9 Å². The lowest BCUT2D eigenvalue weighted by molar-refractivity contribution is 0.165. The van der Waals surface area contributed by atoms with E-state index in [0.29, 0.717) is 24.4 Å². The highest BCUT2D eigenvalue weighted by Gasteiger charge is 2.26. The Balaban J connectivity index is 1.14. The van der Waals surface area contributed by atoms with E-state index in [-0.39, 0.29) is 5.56 Å². The summed E-state index contributed by atoms with van der Waals surface area (Å²) in [4.78, 5) is 14.9. The molecule has 7 nitrogen and oxygen atoms in total. The number of pyridine rings is 1. The van der Waals surface area contributed by atoms with E-state index in [4.69, 9.17) is 0 Å². The summed E-state index contributed by atoms with van der Waals surface area (Å²) < 4.78 is 27.7. The predicted octanol–water partition coefficient (Wildman–Crippen LogP) is 6.20. The van der Waals surface area contributed by atoms with Crippen molar-refractivity contribution in [1.29, 1.82) is 0 Å². The molecule has 0 aliphatic carbocycles. The Bertz CT molecular complexity index is 1620. The van der Waals surface area contributed by atoms with Crippen LogP contribution in [0.1, 0.15) is 61.3 Å². The first-order valence-electron chi connectivity index (χ1n) is 14.1. The highest BCUT2D eigenvalue weighted by Crippen LogP contribution is 2.29. The van der Waals surface area contributed by atoms with Crippen LogP contribution in [0.5, 0.6) is 0 Å². The largest absolute Gasteiger partial charge is 0.388 e. The quantitative estimate of drug-likeness (QED) is 0.201. The summed E-state index contributed by atoms with van der Waals surface area (Å²) in [5.41, 5.74) is 5.33. The zero-order chi connectivity index (χ0) is 28.1. The van der Waals surface area contributed by atoms with Gasteiger partial charge in [-0.05, 0) is 92.1 Å². The molecule has 0 saturated carbocycles. The molecule has 0 bridgehead atoms. The van der Waals surface area contributed by atoms with Crippen molar-refractivity contribution >= 4 is 32.3 Å². The molecule has 4 aromatic rings. The molecule has 0 amide bonds. The van der Waals surface area contributed by atoms with Gasteiger partial charge in [0, 0.05) is 35.9 Å². The molecule has 0 unspecified atom stereocenters. The first-order chi connectivity index (χ1) is 19.3. The number of rotatable bonds is 10. The number of nitrogens with one attached hydrogen (secondary N) is 2. The number of anilines is 2. The fourth-order valence-electron chi connectivity index (χ4n) is 5.44. The number of piperidine rings is 1. The highest BCUT2D eigenvalue weighted by molar-refractivity contribution is 7.89. The van der Waals surface area contributed by atoms with Gasteiger partial charge in [0.1, 0.15) is 0 Å². The molecule has 40 heavy (non-hydrogen) atoms. The molecular formula is C32H37N3O4S. The van der Waals surface area contributed by atoms with Gasteiger partial charge in [0.25, 0.3) is 0 Å². The van der Waals surface area contributed by atoms with Crippen molar-refractivity contribution in [2.24, 2.45) is 0 Å². The maximum absolute atomic E-state index is 13.0. The van der Waals surface area contributed by atoms with Gasteiger partial charge in [0.2, 0.25) is 15.6 Å². The van der Waals surface area contributed by atoms with E-state index in [1.165, 1.54) is 11.6 Å². The summed E-state index contributed by atoms with van der Waals surface area (Å²) in [5, 5.41) is 15.1. The predicted molar refractivity (Wildman–Crippen MR) is 161 cm³/mol. The summed E-state index contributed by atoms with van der Waals surface area (Å²) in [6.07, 6.45) is 5.69. The van der Waals surface area contributed by atoms with Crippen molar-refractivity contribution in [2.75, 3.05) is 18.4 Å². The molecule has 1 atom stereocenters. The lowest BCUT2D eigenvalue weighted by atomic mass is 9.96. The third kappa shape index (κ3) is 6.46. The number of aliphatic hydroxyl groups excluding tert-OH is 1. The molecule has 2 heterocycles. The van der Waals surface area contributed by atoms with E-state index < -0.39 is 16.1 Å². The number of aryl methyl sites for hydroxylation is 2. The monoisotopic (exact) mass is 559 g/mol. The van der Waals surface area contributed by atoms with Gasteiger partial charge >= 0.3 is 0 Å². The van der Waals surface area contributed by atoms with E-state index >= 15 is 0 Å². The van der Waals surface area contributed by atoms with Crippen LogP contribution < -0.4 is 10.9 Å². The fraction of sp³-hybridized carbons (Fsp3) is 0.344. The van der Waals surface area contributed by atoms with Crippen molar-refractivity contribution in [2.45, 2.75) is 62.9 Å². The second-order valence-electron chi connectivity index (χ2n) is 10.7. The number of unbranched alkanes of at least 4 members (excludes halogenated alkanes) is 1. The minimum Gasteiger partial charge on any atom is -0.388 e. The summed E-state index contributed by atoms with van der Waals surface area (Å²) >= 11 is 0. The van der Waals surface area contributed by atoms with E-state index in [1.54, 1.807) is 28.6 Å². The Hall–Kier alpha value is -3.46. The summed E-state index contributed by atoms with van der Waals surface area (Å²) in [7, 11) is -3.47. The standard InChI is InChI=1S/C32H37N3O4S/c1-23-12-17-28(29-18-19-31(37)34-32(23)29)30(36)11-4-3-8-24-13-15-25(16-14-24)33-26-9-7-10-27(22-26)40(38,39)35-20-5-2-6-21-35/h7,9-10,12-19,22,30,33,36H,2-6,8,11,20-21H2,1H3,(H,34,37)/t30-/m0/s1. The normalized spacial score (nSPS) is 15.2. The van der Waals surface area contributed by atoms with Gasteiger partial charge in [0.15, 0.2) is 0 Å². The molecule has 1 saturated heterocycles. The lowest BCUT2D eigenvalue weighted by Gasteiger charge is -2.26. The molecule has 0 radical (unpaired) electrons. The SMILES string of the molecule is Cc1ccc([C@@H](O)CCCCc2ccc(Nc3cccc(S(=O)(=O)N4CCCCC4)c3)cc2)c2ccc(=O)[nH]c12. The average molecular weight is 560 g/mol. The Kier molecular flexibility index (Phi) is 8.69. The highest BCUT2D eigenvalue weighted by atomic mass is 32.2. The van der Waals surface area contributed by atoms with Crippen LogP contribution in [-0.4, -0.2) is 35.9 Å². The fourth-order valence-corrected chi connectivity index (χ4v) is 7.00. The Morgan fingerprint density at radius 3 is 2.48 bits per heavy atom. The number of hydrogen-bond donors (Lipinski definition) is 3. The Morgan fingerprint density at radius 2 is 1.70 bits per heavy atom. The molecule has 1 aliphatic rings. The summed E-state index contributed by atoms with van der Waals surface area (Å²) in [6, 6.07) is 22.4. The number of hydrogen-bond acceptors (Lipinski definition) is 5. The maximum atomic E-state index is 13.0. The second-order valence-corrected chi connectivity index (χ2v) is 12.6. The number of nitrogens with zero attached hydrogens (tertiary/aromatic N) is 1. The maximum Gasteiger partial charge on any atom is 0.248 e. The molecule has 3 N–H and O–H groups in total. The van der Waals surface area contributed by atoms with Gasteiger partial charge in [-0.3, -0.25) is 4.79 Å². The van der Waals surface area contributed by atoms with E-state index in [2.05, 4.69) is 22.4 Å². The first kappa shape index (κ1) is 28.1. The molecule has 210 valence electrons. The van der Waals surface area contributed by atoms with Gasteiger partial charge in [-0.2, -0.15) is 4.31 Å². The number of aromatic nitrogens is 1. The number of fused-ring (bicyclic) bond motifs is 1. The van der Waals surface area contributed by atoms with E-state index in [1.807, 2.05) is 37.3 Å². The molecule has 3 aromatic carbocycles. The van der Waals surface area contributed by atoms with Crippen LogP contribution in [-0.2, 0) is 16.4 Å². The van der Waals surface area contributed by atoms with Gasteiger partial charge in [0.05, 0.1) is 16.5 Å². The van der Waals surface area contributed by atoms with Crippen molar-refractivity contribution in [1.82, 2.24) is 9.29 Å². The molecule has 1 aromatic heterocycles. The van der Waals surface area contributed by atoms with Crippen LogP contribution in [0, 0.1) is 6.92 Å². The van der Waals surface area contributed by atoms with Crippen LogP contribution in [0.4, 0.5) is 11.4 Å². The first-order valence-corrected chi connectivity index (χ1v) is 15.5. The van der Waals surface area contributed by atoms with Crippen molar-refractivity contribution in [3.63, 3.8) is 0 Å². The van der Waals surface area contributed by atoms with Gasteiger partial charge in [-0.25, -0.2) is 8.42 Å². The molecule has 5 rings (SSSR count). The average Bonchev–Trinajstić information content (AvgIpc) is 2.97. The molecule has 8 heteroatoms. The zero-order valence-corrected chi connectivity index (χ0v) is 23.7. The number of benzene rings is 3. The van der Waals surface area contributed by atoms with E-state index in [9.17, 15) is 18.3 Å². The van der Waals surface area contributed by atoms with Crippen molar-refractivity contribution in [3.8, 4) is 0 Å². The number of H-pyrrole nitrogens is 1. The van der Waals surface area contributed by atoms with Crippen molar-refractivity contribution < 1.29 is 13.5 Å². The van der Waals surface area contributed by atoms with Crippen LogP contribution >= 0.6 is 0 Å². The molecule has 1 aliphatic heterocycles. The van der Waals surface area contributed by atoms with Crippen LogP contribution in [0.3, 0.4) is 0 Å². The van der Waals surface area contributed by atoms with Crippen LogP contribution in [0.15, 0.2) is 82.5 Å². The Labute approximate surface area is 235 Å². The zero-order valence-electron chi connectivity index (χ0n) is 22.9. The lowest BCUT2D eigenvalue weighted by Crippen LogP contribution is -2.35. The van der Waals surface area contributed by atoms with Gasteiger partial charge < -0.3 is 15.4 Å². The third-order valence-electron chi connectivity index (χ3n) is 7.72. The Morgan fingerprint density at radius 1 is 0.925 bits per heavy atom. The molecular weight excluding hydrogens is 522 g/mol. The minimum atomic E-state index is -3.47. The third-order valence-corrected chi connectivity index (χ3v) is 9.61. The number of aliphatic hydroxyl groups is 1. The summed E-state index contributed by atoms with van der Waals surface area (Å²) in [5.74, 6) is 0.